The van der Waals surface area contributed by atoms with Crippen LogP contribution in [0.25, 0.3) is 0 Å². The number of unbranched alkanes of at least 4 members (excludes halogenated alkanes) is 1. The van der Waals surface area contributed by atoms with E-state index >= 15 is 0 Å². The van der Waals surface area contributed by atoms with Gasteiger partial charge in [-0.25, -0.2) is 4.79 Å². The van der Waals surface area contributed by atoms with E-state index in [4.69, 9.17) is 9.47 Å². The highest BCUT2D eigenvalue weighted by Gasteiger charge is 1.94. The number of carbonyl (C=O) groups excluding carboxylic acids is 1. The maximum Gasteiger partial charge on any atom is 0.333 e. The van der Waals surface area contributed by atoms with Gasteiger partial charge < -0.3 is 9.47 Å². The van der Waals surface area contributed by atoms with E-state index in [0.29, 0.717) is 13.2 Å². The summed E-state index contributed by atoms with van der Waals surface area (Å²) in [6, 6.07) is 0. The molecule has 0 aromatic heterocycles. The van der Waals surface area contributed by atoms with Crippen molar-refractivity contribution in [2.24, 2.45) is 0 Å². The first-order chi connectivity index (χ1) is 5.81. The van der Waals surface area contributed by atoms with Crippen LogP contribution in [0.1, 0.15) is 26.7 Å². The molecule has 0 bridgehead atoms. The van der Waals surface area contributed by atoms with Crippen molar-refractivity contribution >= 4 is 5.97 Å². The van der Waals surface area contributed by atoms with E-state index in [0.717, 1.165) is 12.8 Å². The summed E-state index contributed by atoms with van der Waals surface area (Å²) < 4.78 is 9.65. The molecule has 0 heterocycles. The van der Waals surface area contributed by atoms with Crippen LogP contribution in [0.3, 0.4) is 0 Å². The molecule has 0 aliphatic carbocycles. The Balaban J connectivity index is 3.33. The van der Waals surface area contributed by atoms with Crippen LogP contribution in [0.15, 0.2) is 12.3 Å². The number of ether oxygens (including phenoxy) is 2. The fourth-order valence-electron chi connectivity index (χ4n) is 0.565. The summed E-state index contributed by atoms with van der Waals surface area (Å²) in [5.74, 6) is -0.336. The lowest BCUT2D eigenvalue weighted by Crippen LogP contribution is -2.01. The van der Waals surface area contributed by atoms with E-state index in [-0.39, 0.29) is 5.97 Å². The molecule has 0 unspecified atom stereocenters. The number of rotatable bonds is 6. The molecule has 0 aliphatic heterocycles. The van der Waals surface area contributed by atoms with Gasteiger partial charge in [0.15, 0.2) is 0 Å². The molecule has 0 N–H and O–H groups in total. The van der Waals surface area contributed by atoms with Crippen LogP contribution in [-0.2, 0) is 14.3 Å². The van der Waals surface area contributed by atoms with E-state index in [1.165, 1.54) is 12.3 Å². The molecule has 3 nitrogen and oxygen atoms in total. The maximum atomic E-state index is 10.8. The monoisotopic (exact) mass is 172 g/mol. The summed E-state index contributed by atoms with van der Waals surface area (Å²) in [5, 5.41) is 0. The largest absolute Gasteiger partial charge is 0.501 e. The molecular weight excluding hydrogens is 156 g/mol. The second-order valence-corrected chi connectivity index (χ2v) is 2.28. The zero-order valence-corrected chi connectivity index (χ0v) is 7.71. The van der Waals surface area contributed by atoms with Gasteiger partial charge in [-0.05, 0) is 13.3 Å². The Labute approximate surface area is 73.4 Å². The summed E-state index contributed by atoms with van der Waals surface area (Å²) in [6.07, 6.45) is 4.59. The SMILES string of the molecule is CCCCOC(=O)/C=C/OCC. The third-order valence-corrected chi connectivity index (χ3v) is 1.21. The van der Waals surface area contributed by atoms with Gasteiger partial charge in [0.25, 0.3) is 0 Å². The molecule has 0 amide bonds. The van der Waals surface area contributed by atoms with Gasteiger partial charge in [0.2, 0.25) is 0 Å². The Kier molecular flexibility index (Phi) is 7.44. The van der Waals surface area contributed by atoms with E-state index in [9.17, 15) is 4.79 Å². The summed E-state index contributed by atoms with van der Waals surface area (Å²) in [6.45, 7) is 4.96. The molecule has 70 valence electrons. The van der Waals surface area contributed by atoms with Crippen molar-refractivity contribution in [3.8, 4) is 0 Å². The molecular formula is C9H16O3. The van der Waals surface area contributed by atoms with Crippen molar-refractivity contribution in [1.29, 1.82) is 0 Å². The van der Waals surface area contributed by atoms with Crippen LogP contribution < -0.4 is 0 Å². The molecule has 0 aromatic carbocycles. The molecule has 0 rings (SSSR count). The lowest BCUT2D eigenvalue weighted by molar-refractivity contribution is -0.138. The first-order valence-electron chi connectivity index (χ1n) is 4.26. The molecule has 0 atom stereocenters. The van der Waals surface area contributed by atoms with Gasteiger partial charge in [0, 0.05) is 0 Å². The fourth-order valence-corrected chi connectivity index (χ4v) is 0.565. The Morgan fingerprint density at radius 1 is 1.42 bits per heavy atom. The van der Waals surface area contributed by atoms with Crippen molar-refractivity contribution in [1.82, 2.24) is 0 Å². The van der Waals surface area contributed by atoms with Crippen LogP contribution in [0.2, 0.25) is 0 Å². The van der Waals surface area contributed by atoms with Gasteiger partial charge in [0.05, 0.1) is 25.6 Å². The zero-order valence-electron chi connectivity index (χ0n) is 7.71. The first kappa shape index (κ1) is 11.0. The van der Waals surface area contributed by atoms with E-state index in [2.05, 4.69) is 0 Å². The number of carbonyl (C=O) groups is 1. The molecule has 12 heavy (non-hydrogen) atoms. The molecule has 3 heteroatoms. The second kappa shape index (κ2) is 8.11. The molecule has 0 saturated carbocycles. The number of hydrogen-bond donors (Lipinski definition) is 0. The van der Waals surface area contributed by atoms with E-state index < -0.39 is 0 Å². The third-order valence-electron chi connectivity index (χ3n) is 1.21. The topological polar surface area (TPSA) is 35.5 Å². The molecule has 0 aliphatic rings. The van der Waals surface area contributed by atoms with Crippen LogP contribution in [0, 0.1) is 0 Å². The average molecular weight is 172 g/mol. The summed E-state index contributed by atoms with van der Waals surface area (Å²) in [7, 11) is 0. The minimum absolute atomic E-state index is 0.336. The number of esters is 1. The Morgan fingerprint density at radius 3 is 2.75 bits per heavy atom. The highest BCUT2D eigenvalue weighted by molar-refractivity contribution is 5.81. The molecule has 0 saturated heterocycles. The summed E-state index contributed by atoms with van der Waals surface area (Å²) >= 11 is 0. The Bertz CT molecular complexity index is 141. The van der Waals surface area contributed by atoms with Gasteiger partial charge in [-0.2, -0.15) is 0 Å². The van der Waals surface area contributed by atoms with Crippen molar-refractivity contribution in [3.63, 3.8) is 0 Å². The predicted octanol–water partition coefficient (Wildman–Crippen LogP) is 1.88. The smallest absolute Gasteiger partial charge is 0.333 e. The van der Waals surface area contributed by atoms with Crippen LogP contribution in [0.4, 0.5) is 0 Å². The first-order valence-corrected chi connectivity index (χ1v) is 4.26. The third kappa shape index (κ3) is 7.12. The quantitative estimate of drug-likeness (QED) is 0.265. The summed E-state index contributed by atoms with van der Waals surface area (Å²) in [5.41, 5.74) is 0. The Hall–Kier alpha value is -0.990. The van der Waals surface area contributed by atoms with Gasteiger partial charge in [-0.3, -0.25) is 0 Å². The highest BCUT2D eigenvalue weighted by Crippen LogP contribution is 1.89. The second-order valence-electron chi connectivity index (χ2n) is 2.28. The normalized spacial score (nSPS) is 10.2. The minimum Gasteiger partial charge on any atom is -0.501 e. The van der Waals surface area contributed by atoms with Crippen LogP contribution in [0.5, 0.6) is 0 Å². The van der Waals surface area contributed by atoms with Gasteiger partial charge >= 0.3 is 5.97 Å². The van der Waals surface area contributed by atoms with Crippen LogP contribution in [-0.4, -0.2) is 19.2 Å². The predicted molar refractivity (Wildman–Crippen MR) is 46.6 cm³/mol. The van der Waals surface area contributed by atoms with Gasteiger partial charge in [0.1, 0.15) is 0 Å². The lowest BCUT2D eigenvalue weighted by atomic mass is 10.4. The zero-order chi connectivity index (χ0) is 9.23. The highest BCUT2D eigenvalue weighted by atomic mass is 16.5. The van der Waals surface area contributed by atoms with Crippen molar-refractivity contribution in [3.05, 3.63) is 12.3 Å². The van der Waals surface area contributed by atoms with Crippen molar-refractivity contribution < 1.29 is 14.3 Å². The van der Waals surface area contributed by atoms with Crippen molar-refractivity contribution in [2.45, 2.75) is 26.7 Å². The molecule has 0 spiro atoms. The summed E-state index contributed by atoms with van der Waals surface area (Å²) in [4.78, 5) is 10.8. The van der Waals surface area contributed by atoms with E-state index in [1.807, 2.05) is 13.8 Å². The number of hydrogen-bond acceptors (Lipinski definition) is 3. The fraction of sp³-hybridized carbons (Fsp3) is 0.667. The lowest BCUT2D eigenvalue weighted by Gasteiger charge is -1.98. The van der Waals surface area contributed by atoms with Crippen LogP contribution >= 0.6 is 0 Å². The maximum absolute atomic E-state index is 10.8. The standard InChI is InChI=1S/C9H16O3/c1-3-5-7-12-9(10)6-8-11-4-2/h6,8H,3-5,7H2,1-2H3/b8-6+. The molecule has 0 radical (unpaired) electrons. The van der Waals surface area contributed by atoms with E-state index in [1.54, 1.807) is 0 Å². The Morgan fingerprint density at radius 2 is 2.17 bits per heavy atom. The average Bonchev–Trinajstić information content (AvgIpc) is 2.06. The molecule has 0 aromatic rings. The van der Waals surface area contributed by atoms with Gasteiger partial charge in [-0.1, -0.05) is 13.3 Å². The molecule has 0 fully saturated rings. The van der Waals surface area contributed by atoms with Gasteiger partial charge in [-0.15, -0.1) is 0 Å². The minimum atomic E-state index is -0.336. The van der Waals surface area contributed by atoms with Crippen molar-refractivity contribution in [2.75, 3.05) is 13.2 Å².